The zero-order chi connectivity index (χ0) is 24.8. The van der Waals surface area contributed by atoms with Gasteiger partial charge in [0.15, 0.2) is 0 Å². The summed E-state index contributed by atoms with van der Waals surface area (Å²) in [6, 6.07) is 29.7. The molecule has 35 heavy (non-hydrogen) atoms. The molecule has 0 bridgehead atoms. The molecule has 0 atom stereocenters. The number of carbonyl (C=O) groups is 1. The van der Waals surface area contributed by atoms with Gasteiger partial charge in [0.2, 0.25) is 0 Å². The molecule has 0 saturated carbocycles. The predicted octanol–water partition coefficient (Wildman–Crippen LogP) is 7.39. The maximum Gasteiger partial charge on any atom is 0.272 e. The first-order chi connectivity index (χ1) is 16.9. The molecular formula is C29H26ClNO3S. The smallest absolute Gasteiger partial charge is 0.268 e. The van der Waals surface area contributed by atoms with E-state index in [9.17, 15) is 13.2 Å². The molecule has 0 fully saturated rings. The maximum atomic E-state index is 13.7. The van der Waals surface area contributed by atoms with E-state index in [0.717, 1.165) is 40.3 Å². The Morgan fingerprint density at radius 1 is 0.771 bits per heavy atom. The molecule has 0 saturated heterocycles. The van der Waals surface area contributed by atoms with Gasteiger partial charge in [0.25, 0.3) is 15.9 Å². The Hall–Kier alpha value is -3.41. The number of benzene rings is 4. The molecule has 0 aliphatic carbocycles. The molecule has 4 nitrogen and oxygen atoms in total. The van der Waals surface area contributed by atoms with E-state index in [0.29, 0.717) is 5.02 Å². The zero-order valence-corrected chi connectivity index (χ0v) is 21.0. The average molecular weight is 504 g/mol. The van der Waals surface area contributed by atoms with Crippen LogP contribution in [-0.4, -0.2) is 14.3 Å². The molecule has 0 aromatic heterocycles. The third kappa shape index (κ3) is 5.64. The third-order valence-corrected chi connectivity index (χ3v) is 7.74. The Morgan fingerprint density at radius 2 is 1.37 bits per heavy atom. The summed E-state index contributed by atoms with van der Waals surface area (Å²) in [7, 11) is -4.19. The van der Waals surface area contributed by atoms with Crippen LogP contribution >= 0.6 is 11.6 Å². The van der Waals surface area contributed by atoms with Crippen molar-refractivity contribution >= 4 is 33.2 Å². The SMILES string of the molecule is CCCCc1ccc(N(C(=O)c2ccc(-c3ccccc3)cc2)S(=O)(=O)c2ccc(Cl)cc2)cc1. The van der Waals surface area contributed by atoms with Gasteiger partial charge < -0.3 is 0 Å². The number of amides is 1. The van der Waals surface area contributed by atoms with E-state index in [1.54, 1.807) is 24.3 Å². The maximum absolute atomic E-state index is 13.7. The first-order valence-corrected chi connectivity index (χ1v) is 13.3. The zero-order valence-electron chi connectivity index (χ0n) is 19.4. The number of anilines is 1. The van der Waals surface area contributed by atoms with Crippen LogP contribution < -0.4 is 4.31 Å². The quantitative estimate of drug-likeness (QED) is 0.252. The van der Waals surface area contributed by atoms with E-state index in [2.05, 4.69) is 6.92 Å². The van der Waals surface area contributed by atoms with Gasteiger partial charge in [-0.2, -0.15) is 4.31 Å². The fourth-order valence-corrected chi connectivity index (χ4v) is 5.35. The van der Waals surface area contributed by atoms with Crippen molar-refractivity contribution in [3.63, 3.8) is 0 Å². The number of rotatable bonds is 8. The summed E-state index contributed by atoms with van der Waals surface area (Å²) in [6.07, 6.45) is 3.00. The Balaban J connectivity index is 1.73. The van der Waals surface area contributed by atoms with Crippen molar-refractivity contribution < 1.29 is 13.2 Å². The van der Waals surface area contributed by atoms with Gasteiger partial charge >= 0.3 is 0 Å². The van der Waals surface area contributed by atoms with E-state index < -0.39 is 15.9 Å². The lowest BCUT2D eigenvalue weighted by Gasteiger charge is -2.23. The fourth-order valence-electron chi connectivity index (χ4n) is 3.81. The molecule has 178 valence electrons. The Bertz CT molecular complexity index is 1380. The molecule has 0 heterocycles. The van der Waals surface area contributed by atoms with Gasteiger partial charge in [-0.25, -0.2) is 8.42 Å². The van der Waals surface area contributed by atoms with Gasteiger partial charge in [-0.1, -0.05) is 79.5 Å². The van der Waals surface area contributed by atoms with Gasteiger partial charge in [0, 0.05) is 10.6 Å². The number of hydrogen-bond acceptors (Lipinski definition) is 3. The van der Waals surface area contributed by atoms with Crippen molar-refractivity contribution in [1.29, 1.82) is 0 Å². The highest BCUT2D eigenvalue weighted by Gasteiger charge is 2.32. The van der Waals surface area contributed by atoms with Crippen LogP contribution in [-0.2, 0) is 16.4 Å². The van der Waals surface area contributed by atoms with Crippen molar-refractivity contribution in [3.05, 3.63) is 119 Å². The monoisotopic (exact) mass is 503 g/mol. The average Bonchev–Trinajstić information content (AvgIpc) is 2.89. The lowest BCUT2D eigenvalue weighted by Crippen LogP contribution is -2.37. The minimum absolute atomic E-state index is 0.00813. The lowest BCUT2D eigenvalue weighted by atomic mass is 10.0. The number of nitrogens with zero attached hydrogens (tertiary/aromatic N) is 1. The first-order valence-electron chi connectivity index (χ1n) is 11.5. The fraction of sp³-hybridized carbons (Fsp3) is 0.138. The number of carbonyl (C=O) groups excluding carboxylic acids is 1. The molecule has 4 aromatic carbocycles. The largest absolute Gasteiger partial charge is 0.272 e. The van der Waals surface area contributed by atoms with E-state index in [1.807, 2.05) is 54.6 Å². The van der Waals surface area contributed by atoms with E-state index >= 15 is 0 Å². The topological polar surface area (TPSA) is 54.5 Å². The van der Waals surface area contributed by atoms with Gasteiger partial charge in [-0.15, -0.1) is 0 Å². The standard InChI is InChI=1S/C29H26ClNO3S/c1-2-3-7-22-10-18-27(19-11-22)31(35(33,34)28-20-16-26(30)17-21-28)29(32)25-14-12-24(13-15-25)23-8-5-4-6-9-23/h4-6,8-21H,2-3,7H2,1H3. The van der Waals surface area contributed by atoms with Gasteiger partial charge in [0.1, 0.15) is 0 Å². The molecule has 0 aliphatic rings. The third-order valence-electron chi connectivity index (χ3n) is 5.77. The number of halogens is 1. The normalized spacial score (nSPS) is 11.3. The van der Waals surface area contributed by atoms with E-state index in [4.69, 9.17) is 11.6 Å². The van der Waals surface area contributed by atoms with Crippen LogP contribution in [0.3, 0.4) is 0 Å². The highest BCUT2D eigenvalue weighted by molar-refractivity contribution is 7.93. The number of hydrogen-bond donors (Lipinski definition) is 0. The molecule has 0 N–H and O–H groups in total. The van der Waals surface area contributed by atoms with Crippen LogP contribution in [0.15, 0.2) is 108 Å². The van der Waals surface area contributed by atoms with Crippen LogP contribution in [0.25, 0.3) is 11.1 Å². The second kappa shape index (κ2) is 10.9. The molecule has 4 rings (SSSR count). The highest BCUT2D eigenvalue weighted by atomic mass is 35.5. The molecule has 1 amide bonds. The van der Waals surface area contributed by atoms with E-state index in [1.165, 1.54) is 24.3 Å². The summed E-state index contributed by atoms with van der Waals surface area (Å²) in [4.78, 5) is 13.6. The van der Waals surface area contributed by atoms with Crippen molar-refractivity contribution in [2.24, 2.45) is 0 Å². The van der Waals surface area contributed by atoms with Crippen LogP contribution in [0.1, 0.15) is 35.7 Å². The van der Waals surface area contributed by atoms with Crippen LogP contribution in [0.2, 0.25) is 5.02 Å². The van der Waals surface area contributed by atoms with Crippen molar-refractivity contribution in [2.45, 2.75) is 31.1 Å². The molecule has 4 aromatic rings. The minimum Gasteiger partial charge on any atom is -0.268 e. The number of sulfonamides is 1. The van der Waals surface area contributed by atoms with Crippen molar-refractivity contribution in [1.82, 2.24) is 0 Å². The van der Waals surface area contributed by atoms with Crippen LogP contribution in [0.5, 0.6) is 0 Å². The summed E-state index contributed by atoms with van der Waals surface area (Å²) < 4.78 is 28.2. The minimum atomic E-state index is -4.19. The Kier molecular flexibility index (Phi) is 7.69. The van der Waals surface area contributed by atoms with Gasteiger partial charge in [-0.3, -0.25) is 4.79 Å². The lowest BCUT2D eigenvalue weighted by molar-refractivity contribution is 0.101. The summed E-state index contributed by atoms with van der Waals surface area (Å²) in [5, 5.41) is 0.415. The second-order valence-corrected chi connectivity index (χ2v) is 10.5. The van der Waals surface area contributed by atoms with Crippen LogP contribution in [0.4, 0.5) is 5.69 Å². The highest BCUT2D eigenvalue weighted by Crippen LogP contribution is 2.28. The first kappa shape index (κ1) is 24.7. The summed E-state index contributed by atoms with van der Waals surface area (Å²) in [6.45, 7) is 2.12. The summed E-state index contributed by atoms with van der Waals surface area (Å²) >= 11 is 5.97. The number of unbranched alkanes of at least 4 members (excludes halogenated alkanes) is 1. The second-order valence-electron chi connectivity index (χ2n) is 8.24. The molecule has 0 spiro atoms. The molecule has 6 heteroatoms. The molecule has 0 aliphatic heterocycles. The summed E-state index contributed by atoms with van der Waals surface area (Å²) in [5.74, 6) is -0.624. The Labute approximate surface area is 211 Å². The van der Waals surface area contributed by atoms with Crippen LogP contribution in [0, 0.1) is 0 Å². The van der Waals surface area contributed by atoms with Crippen molar-refractivity contribution in [2.75, 3.05) is 4.31 Å². The van der Waals surface area contributed by atoms with Gasteiger partial charge in [-0.05, 0) is 78.1 Å². The summed E-state index contributed by atoms with van der Waals surface area (Å²) in [5.41, 5.74) is 3.61. The molecular weight excluding hydrogens is 478 g/mol. The van der Waals surface area contributed by atoms with Crippen molar-refractivity contribution in [3.8, 4) is 11.1 Å². The van der Waals surface area contributed by atoms with Gasteiger partial charge in [0.05, 0.1) is 10.6 Å². The molecule has 0 radical (unpaired) electrons. The predicted molar refractivity (Wildman–Crippen MR) is 142 cm³/mol. The Morgan fingerprint density at radius 3 is 1.97 bits per heavy atom. The van der Waals surface area contributed by atoms with E-state index in [-0.39, 0.29) is 16.1 Å². The molecule has 0 unspecified atom stereocenters. The number of aryl methyl sites for hydroxylation is 1.